The van der Waals surface area contributed by atoms with E-state index in [-0.39, 0.29) is 22.3 Å². The lowest BCUT2D eigenvalue weighted by molar-refractivity contribution is 0.104. The van der Waals surface area contributed by atoms with Gasteiger partial charge in [0.15, 0.2) is 5.78 Å². The van der Waals surface area contributed by atoms with E-state index in [1.807, 2.05) is 0 Å². The summed E-state index contributed by atoms with van der Waals surface area (Å²) in [7, 11) is 0. The van der Waals surface area contributed by atoms with Crippen LogP contribution < -0.4 is 0 Å². The highest BCUT2D eigenvalue weighted by atomic mass is 35.5. The first kappa shape index (κ1) is 13.2. The summed E-state index contributed by atoms with van der Waals surface area (Å²) < 4.78 is 0. The highest BCUT2D eigenvalue weighted by Crippen LogP contribution is 2.24. The number of allylic oxidation sites excluding steroid dienone is 1. The van der Waals surface area contributed by atoms with E-state index in [0.29, 0.717) is 5.56 Å². The number of halogens is 1. The molecule has 2 N–H and O–H groups in total. The van der Waals surface area contributed by atoms with Crippen molar-refractivity contribution in [3.8, 4) is 11.5 Å². The van der Waals surface area contributed by atoms with Crippen LogP contribution >= 0.6 is 11.6 Å². The number of phenols is 2. The van der Waals surface area contributed by atoms with Crippen molar-refractivity contribution in [3.05, 3.63) is 64.7 Å². The first-order valence-corrected chi connectivity index (χ1v) is 5.94. The van der Waals surface area contributed by atoms with Gasteiger partial charge in [0.05, 0.1) is 5.02 Å². The smallest absolute Gasteiger partial charge is 0.185 e. The second-order valence-electron chi connectivity index (χ2n) is 3.96. The van der Waals surface area contributed by atoms with Crippen molar-refractivity contribution in [3.63, 3.8) is 0 Å². The molecule has 2 rings (SSSR count). The minimum atomic E-state index is -0.177. The minimum Gasteiger partial charge on any atom is -0.508 e. The van der Waals surface area contributed by atoms with Crippen LogP contribution in [-0.2, 0) is 0 Å². The molecule has 0 heterocycles. The van der Waals surface area contributed by atoms with Crippen LogP contribution in [0.15, 0.2) is 48.5 Å². The molecular weight excluding hydrogens is 264 g/mol. The SMILES string of the molecule is O=C(C=Cc1ccc(O)c(Cl)c1)c1ccc(O)cc1. The Morgan fingerprint density at radius 1 is 1.05 bits per heavy atom. The third-order valence-electron chi connectivity index (χ3n) is 2.55. The van der Waals surface area contributed by atoms with Gasteiger partial charge in [-0.15, -0.1) is 0 Å². The number of carbonyl (C=O) groups excluding carboxylic acids is 1. The van der Waals surface area contributed by atoms with E-state index in [0.717, 1.165) is 5.56 Å². The van der Waals surface area contributed by atoms with Crippen molar-refractivity contribution in [2.75, 3.05) is 0 Å². The van der Waals surface area contributed by atoms with Crippen molar-refractivity contribution in [2.24, 2.45) is 0 Å². The molecule has 0 fully saturated rings. The summed E-state index contributed by atoms with van der Waals surface area (Å²) in [6, 6.07) is 10.7. The third kappa shape index (κ3) is 3.36. The Labute approximate surface area is 115 Å². The first-order chi connectivity index (χ1) is 9.06. The lowest BCUT2D eigenvalue weighted by Crippen LogP contribution is -1.92. The van der Waals surface area contributed by atoms with Gasteiger partial charge in [-0.25, -0.2) is 0 Å². The second kappa shape index (κ2) is 5.59. The van der Waals surface area contributed by atoms with Crippen LogP contribution in [0, 0.1) is 0 Å². The average Bonchev–Trinajstić information content (AvgIpc) is 2.40. The van der Waals surface area contributed by atoms with E-state index >= 15 is 0 Å². The Hall–Kier alpha value is -2.26. The lowest BCUT2D eigenvalue weighted by Gasteiger charge is -1.98. The van der Waals surface area contributed by atoms with Gasteiger partial charge >= 0.3 is 0 Å². The predicted molar refractivity (Wildman–Crippen MR) is 74.6 cm³/mol. The van der Waals surface area contributed by atoms with Gasteiger partial charge in [0.1, 0.15) is 11.5 Å². The molecule has 0 unspecified atom stereocenters. The molecule has 0 aliphatic rings. The molecule has 0 saturated carbocycles. The van der Waals surface area contributed by atoms with Gasteiger partial charge in [-0.1, -0.05) is 23.7 Å². The molecular formula is C15H11ClO3. The Balaban J connectivity index is 2.15. The fraction of sp³-hybridized carbons (Fsp3) is 0. The second-order valence-corrected chi connectivity index (χ2v) is 4.36. The summed E-state index contributed by atoms with van der Waals surface area (Å²) in [4.78, 5) is 11.8. The molecule has 0 radical (unpaired) electrons. The summed E-state index contributed by atoms with van der Waals surface area (Å²) >= 11 is 5.77. The summed E-state index contributed by atoms with van der Waals surface area (Å²) in [5, 5.41) is 18.6. The Bertz CT molecular complexity index is 630. The molecule has 0 spiro atoms. The zero-order valence-corrected chi connectivity index (χ0v) is 10.6. The number of carbonyl (C=O) groups is 1. The monoisotopic (exact) mass is 274 g/mol. The molecule has 2 aromatic carbocycles. The molecule has 0 aromatic heterocycles. The molecule has 0 saturated heterocycles. The number of hydrogen-bond acceptors (Lipinski definition) is 3. The van der Waals surface area contributed by atoms with Gasteiger partial charge < -0.3 is 10.2 Å². The predicted octanol–water partition coefficient (Wildman–Crippen LogP) is 3.65. The summed E-state index contributed by atoms with van der Waals surface area (Å²) in [6.45, 7) is 0. The van der Waals surface area contributed by atoms with Gasteiger partial charge in [0.25, 0.3) is 0 Å². The van der Waals surface area contributed by atoms with Crippen molar-refractivity contribution in [1.29, 1.82) is 0 Å². The highest BCUT2D eigenvalue weighted by molar-refractivity contribution is 6.32. The van der Waals surface area contributed by atoms with Crippen LogP contribution in [0.3, 0.4) is 0 Å². The number of rotatable bonds is 3. The maximum absolute atomic E-state index is 11.8. The van der Waals surface area contributed by atoms with Gasteiger partial charge in [-0.2, -0.15) is 0 Å². The Morgan fingerprint density at radius 2 is 1.74 bits per heavy atom. The third-order valence-corrected chi connectivity index (χ3v) is 2.85. The maximum Gasteiger partial charge on any atom is 0.185 e. The van der Waals surface area contributed by atoms with Gasteiger partial charge in [-0.3, -0.25) is 4.79 Å². The number of benzene rings is 2. The van der Waals surface area contributed by atoms with E-state index in [1.54, 1.807) is 30.3 Å². The summed E-state index contributed by atoms with van der Waals surface area (Å²) in [5.74, 6) is -0.0567. The van der Waals surface area contributed by atoms with Crippen molar-refractivity contribution >= 4 is 23.5 Å². The zero-order valence-electron chi connectivity index (χ0n) is 9.88. The maximum atomic E-state index is 11.8. The molecule has 0 bridgehead atoms. The summed E-state index contributed by atoms with van der Waals surface area (Å²) in [6.07, 6.45) is 3.02. The van der Waals surface area contributed by atoms with Crippen molar-refractivity contribution in [1.82, 2.24) is 0 Å². The molecule has 3 nitrogen and oxygen atoms in total. The van der Waals surface area contributed by atoms with Crippen LogP contribution in [0.25, 0.3) is 6.08 Å². The van der Waals surface area contributed by atoms with Gasteiger partial charge in [-0.05, 0) is 48.0 Å². The van der Waals surface area contributed by atoms with Crippen LogP contribution in [0.5, 0.6) is 11.5 Å². The molecule has 4 heteroatoms. The standard InChI is InChI=1S/C15H11ClO3/c16-13-9-10(2-8-15(13)19)1-7-14(18)11-3-5-12(17)6-4-11/h1-9,17,19H. The first-order valence-electron chi connectivity index (χ1n) is 5.56. The highest BCUT2D eigenvalue weighted by Gasteiger charge is 2.02. The molecule has 0 aliphatic carbocycles. The zero-order chi connectivity index (χ0) is 13.8. The van der Waals surface area contributed by atoms with Crippen LogP contribution in [-0.4, -0.2) is 16.0 Å². The fourth-order valence-corrected chi connectivity index (χ4v) is 1.71. The van der Waals surface area contributed by atoms with Crippen LogP contribution in [0.1, 0.15) is 15.9 Å². The van der Waals surface area contributed by atoms with Gasteiger partial charge in [0.2, 0.25) is 0 Å². The topological polar surface area (TPSA) is 57.5 Å². The molecule has 96 valence electrons. The molecule has 2 aromatic rings. The molecule has 19 heavy (non-hydrogen) atoms. The number of phenolic OH excluding ortho intramolecular Hbond substituents is 2. The molecule has 0 aliphatic heterocycles. The minimum absolute atomic E-state index is 0.00341. The fourth-order valence-electron chi connectivity index (χ4n) is 1.52. The lowest BCUT2D eigenvalue weighted by atomic mass is 10.1. The number of ketones is 1. The van der Waals surface area contributed by atoms with E-state index in [1.165, 1.54) is 24.3 Å². The Kier molecular flexibility index (Phi) is 3.88. The van der Waals surface area contributed by atoms with Crippen molar-refractivity contribution < 1.29 is 15.0 Å². The quantitative estimate of drug-likeness (QED) is 0.663. The van der Waals surface area contributed by atoms with E-state index in [9.17, 15) is 9.90 Å². The average molecular weight is 275 g/mol. The van der Waals surface area contributed by atoms with E-state index in [2.05, 4.69) is 0 Å². The molecule has 0 atom stereocenters. The number of aromatic hydroxyl groups is 2. The van der Waals surface area contributed by atoms with Crippen LogP contribution in [0.2, 0.25) is 5.02 Å². The summed E-state index contributed by atoms with van der Waals surface area (Å²) in [5.41, 5.74) is 1.20. The van der Waals surface area contributed by atoms with Crippen LogP contribution in [0.4, 0.5) is 0 Å². The normalized spacial score (nSPS) is 10.8. The molecule has 0 amide bonds. The largest absolute Gasteiger partial charge is 0.508 e. The Morgan fingerprint density at radius 3 is 2.37 bits per heavy atom. The van der Waals surface area contributed by atoms with E-state index in [4.69, 9.17) is 16.7 Å². The van der Waals surface area contributed by atoms with Gasteiger partial charge in [0, 0.05) is 5.56 Å². The van der Waals surface area contributed by atoms with Crippen molar-refractivity contribution in [2.45, 2.75) is 0 Å². The van der Waals surface area contributed by atoms with E-state index < -0.39 is 0 Å². The number of hydrogen-bond donors (Lipinski definition) is 2.